The Kier molecular flexibility index (Phi) is 58.3. The van der Waals surface area contributed by atoms with E-state index in [2.05, 4.69) is 106 Å². The van der Waals surface area contributed by atoms with Crippen LogP contribution in [-0.2, 0) is 28.6 Å². The quantitative estimate of drug-likeness (QED) is 0.0261. The summed E-state index contributed by atoms with van der Waals surface area (Å²) in [4.78, 5) is 38.3. The molecular formula is C67H116O6. The van der Waals surface area contributed by atoms with Crippen molar-refractivity contribution in [3.05, 3.63) is 85.1 Å². The van der Waals surface area contributed by atoms with Crippen molar-refractivity contribution in [3.63, 3.8) is 0 Å². The molecule has 0 heterocycles. The molecule has 0 saturated heterocycles. The molecule has 0 fully saturated rings. The highest BCUT2D eigenvalue weighted by Crippen LogP contribution is 2.17. The van der Waals surface area contributed by atoms with Gasteiger partial charge in [0.15, 0.2) is 6.10 Å². The van der Waals surface area contributed by atoms with Crippen molar-refractivity contribution in [2.75, 3.05) is 13.2 Å². The van der Waals surface area contributed by atoms with E-state index in [-0.39, 0.29) is 37.5 Å². The SMILES string of the molecule is CC/C=C\C/C=C\C/C=C\C/C=C\C/C=C\CCCC(=O)OC[C@H](COC(=O)CCCCCCCCC/C=C\C/C=C\CCCCC)OC(=O)CCCCCCCCCCCCCCCCCCCCCCC. The number of esters is 3. The second-order valence-electron chi connectivity index (χ2n) is 20.6. The van der Waals surface area contributed by atoms with E-state index in [0.717, 1.165) is 89.9 Å². The summed E-state index contributed by atoms with van der Waals surface area (Å²) in [7, 11) is 0. The molecule has 0 spiro atoms. The molecule has 0 rings (SSSR count). The number of unbranched alkanes of at least 4 members (excludes halogenated alkanes) is 31. The largest absolute Gasteiger partial charge is 0.462 e. The van der Waals surface area contributed by atoms with Gasteiger partial charge in [0.2, 0.25) is 0 Å². The lowest BCUT2D eigenvalue weighted by Crippen LogP contribution is -2.30. The lowest BCUT2D eigenvalue weighted by Gasteiger charge is -2.18. The number of rotatable bonds is 56. The van der Waals surface area contributed by atoms with Crippen LogP contribution in [0.4, 0.5) is 0 Å². The average molecular weight is 1020 g/mol. The number of carbonyl (C=O) groups excluding carboxylic acids is 3. The van der Waals surface area contributed by atoms with Crippen molar-refractivity contribution in [3.8, 4) is 0 Å². The zero-order chi connectivity index (χ0) is 52.9. The first-order valence-electron chi connectivity index (χ1n) is 31.1. The third-order valence-corrected chi connectivity index (χ3v) is 13.4. The second kappa shape index (κ2) is 61.1. The Hall–Kier alpha value is -3.41. The molecule has 1 atom stereocenters. The van der Waals surface area contributed by atoms with Crippen molar-refractivity contribution < 1.29 is 28.6 Å². The van der Waals surface area contributed by atoms with Gasteiger partial charge in [-0.15, -0.1) is 0 Å². The zero-order valence-corrected chi connectivity index (χ0v) is 48.1. The van der Waals surface area contributed by atoms with Gasteiger partial charge >= 0.3 is 17.9 Å². The second-order valence-corrected chi connectivity index (χ2v) is 20.6. The highest BCUT2D eigenvalue weighted by Gasteiger charge is 2.19. The molecule has 0 amide bonds. The molecule has 0 radical (unpaired) electrons. The summed E-state index contributed by atoms with van der Waals surface area (Å²) in [6.07, 6.45) is 80.2. The highest BCUT2D eigenvalue weighted by atomic mass is 16.6. The first-order chi connectivity index (χ1) is 36.0. The molecule has 0 aliphatic rings. The van der Waals surface area contributed by atoms with Gasteiger partial charge in [-0.05, 0) is 89.9 Å². The summed E-state index contributed by atoms with van der Waals surface area (Å²) in [5.41, 5.74) is 0. The molecular weight excluding hydrogens is 901 g/mol. The molecule has 0 aliphatic carbocycles. The van der Waals surface area contributed by atoms with Gasteiger partial charge in [0.1, 0.15) is 13.2 Å². The van der Waals surface area contributed by atoms with Gasteiger partial charge in [-0.3, -0.25) is 14.4 Å². The van der Waals surface area contributed by atoms with E-state index in [1.807, 2.05) is 0 Å². The van der Waals surface area contributed by atoms with Gasteiger partial charge in [0.05, 0.1) is 0 Å². The first kappa shape index (κ1) is 69.6. The fourth-order valence-corrected chi connectivity index (χ4v) is 8.75. The van der Waals surface area contributed by atoms with Gasteiger partial charge in [-0.25, -0.2) is 0 Å². The molecule has 0 aromatic rings. The maximum atomic E-state index is 12.9. The van der Waals surface area contributed by atoms with E-state index < -0.39 is 6.10 Å². The van der Waals surface area contributed by atoms with E-state index in [9.17, 15) is 14.4 Å². The van der Waals surface area contributed by atoms with Crippen molar-refractivity contribution in [2.45, 2.75) is 309 Å². The van der Waals surface area contributed by atoms with Crippen LogP contribution in [0.25, 0.3) is 0 Å². The molecule has 73 heavy (non-hydrogen) atoms. The number of allylic oxidation sites excluding steroid dienone is 14. The van der Waals surface area contributed by atoms with Gasteiger partial charge in [0.25, 0.3) is 0 Å². The van der Waals surface area contributed by atoms with Gasteiger partial charge in [-0.2, -0.15) is 0 Å². The Morgan fingerprint density at radius 2 is 0.548 bits per heavy atom. The predicted octanol–water partition coefficient (Wildman–Crippen LogP) is 21.1. The average Bonchev–Trinajstić information content (AvgIpc) is 3.39. The Labute approximate surface area is 452 Å². The Balaban J connectivity index is 4.43. The summed E-state index contributed by atoms with van der Waals surface area (Å²) in [5, 5.41) is 0. The minimum atomic E-state index is -0.803. The van der Waals surface area contributed by atoms with Crippen LogP contribution in [0.5, 0.6) is 0 Å². The van der Waals surface area contributed by atoms with Crippen molar-refractivity contribution in [2.24, 2.45) is 0 Å². The minimum Gasteiger partial charge on any atom is -0.462 e. The van der Waals surface area contributed by atoms with Crippen molar-refractivity contribution >= 4 is 17.9 Å². The minimum absolute atomic E-state index is 0.0963. The molecule has 0 aromatic heterocycles. The molecule has 0 unspecified atom stereocenters. The summed E-state index contributed by atoms with van der Waals surface area (Å²) in [6, 6.07) is 0. The van der Waals surface area contributed by atoms with E-state index in [1.54, 1.807) is 0 Å². The molecule has 0 aromatic carbocycles. The van der Waals surface area contributed by atoms with E-state index >= 15 is 0 Å². The summed E-state index contributed by atoms with van der Waals surface area (Å²) in [6.45, 7) is 6.48. The van der Waals surface area contributed by atoms with Crippen LogP contribution in [0.15, 0.2) is 85.1 Å². The fraction of sp³-hybridized carbons (Fsp3) is 0.746. The molecule has 0 saturated carbocycles. The Morgan fingerprint density at radius 1 is 0.288 bits per heavy atom. The van der Waals surface area contributed by atoms with Crippen LogP contribution in [0.2, 0.25) is 0 Å². The number of carbonyl (C=O) groups is 3. The van der Waals surface area contributed by atoms with E-state index in [0.29, 0.717) is 19.3 Å². The molecule has 0 N–H and O–H groups in total. The molecule has 6 heteroatoms. The van der Waals surface area contributed by atoms with Crippen LogP contribution in [0.3, 0.4) is 0 Å². The summed E-state index contributed by atoms with van der Waals surface area (Å²) >= 11 is 0. The maximum absolute atomic E-state index is 12.9. The van der Waals surface area contributed by atoms with Crippen LogP contribution in [-0.4, -0.2) is 37.2 Å². The van der Waals surface area contributed by atoms with E-state index in [1.165, 1.54) is 167 Å². The molecule has 0 aliphatic heterocycles. The van der Waals surface area contributed by atoms with Crippen LogP contribution in [0.1, 0.15) is 303 Å². The predicted molar refractivity (Wildman–Crippen MR) is 316 cm³/mol. The van der Waals surface area contributed by atoms with Gasteiger partial charge in [-0.1, -0.05) is 279 Å². The highest BCUT2D eigenvalue weighted by molar-refractivity contribution is 5.71. The normalized spacial score (nSPS) is 12.6. The van der Waals surface area contributed by atoms with Gasteiger partial charge in [0, 0.05) is 19.3 Å². The van der Waals surface area contributed by atoms with Crippen LogP contribution < -0.4 is 0 Å². The Bertz CT molecular complexity index is 1400. The third-order valence-electron chi connectivity index (χ3n) is 13.4. The van der Waals surface area contributed by atoms with Crippen molar-refractivity contribution in [1.29, 1.82) is 0 Å². The lowest BCUT2D eigenvalue weighted by molar-refractivity contribution is -0.167. The van der Waals surface area contributed by atoms with Crippen LogP contribution in [0, 0.1) is 0 Å². The topological polar surface area (TPSA) is 78.9 Å². The number of ether oxygens (including phenoxy) is 3. The monoisotopic (exact) mass is 1020 g/mol. The smallest absolute Gasteiger partial charge is 0.306 e. The molecule has 0 bridgehead atoms. The number of hydrogen-bond acceptors (Lipinski definition) is 6. The van der Waals surface area contributed by atoms with Crippen molar-refractivity contribution in [1.82, 2.24) is 0 Å². The fourth-order valence-electron chi connectivity index (χ4n) is 8.75. The van der Waals surface area contributed by atoms with E-state index in [4.69, 9.17) is 14.2 Å². The van der Waals surface area contributed by atoms with Gasteiger partial charge < -0.3 is 14.2 Å². The molecule has 420 valence electrons. The lowest BCUT2D eigenvalue weighted by atomic mass is 10.0. The zero-order valence-electron chi connectivity index (χ0n) is 48.1. The Morgan fingerprint density at radius 3 is 0.918 bits per heavy atom. The summed E-state index contributed by atoms with van der Waals surface area (Å²) in [5.74, 6) is -0.951. The maximum Gasteiger partial charge on any atom is 0.306 e. The molecule has 6 nitrogen and oxygen atoms in total. The third kappa shape index (κ3) is 59.3. The summed E-state index contributed by atoms with van der Waals surface area (Å²) < 4.78 is 16.9. The standard InChI is InChI=1S/C67H116O6/c1-4-7-10-13-16-19-22-25-28-31-32-33-34-37-40-43-46-49-52-55-58-61-67(70)73-64(62-71-65(68)59-56-53-50-47-44-41-38-35-29-26-23-20-17-14-11-8-5-2)63-72-66(69)60-57-54-51-48-45-42-39-36-30-27-24-21-18-15-12-9-6-3/h8,11,17-18,20-21,26-27,29-30,38,41,47,50,64H,4-7,9-10,12-16,19,22-25,28,31-37,39-40,42-46,48-49,51-63H2,1-3H3/b11-8-,20-17-,21-18-,29-26-,30-27-,41-38-,50-47-/t64-/m1/s1. The number of hydrogen-bond donors (Lipinski definition) is 0. The first-order valence-corrected chi connectivity index (χ1v) is 31.1. The van der Waals surface area contributed by atoms with Crippen LogP contribution >= 0.6 is 0 Å².